The molecule has 0 aliphatic carbocycles. The van der Waals surface area contributed by atoms with Crippen LogP contribution in [0.25, 0.3) is 0 Å². The maximum absolute atomic E-state index is 12.1. The van der Waals surface area contributed by atoms with E-state index in [4.69, 9.17) is 4.98 Å². The average Bonchev–Trinajstić information content (AvgIpc) is 3.08. The highest BCUT2D eigenvalue weighted by Gasteiger charge is 2.25. The minimum Gasteiger partial charge on any atom is -0.356 e. The number of anilines is 2. The maximum Gasteiger partial charge on any atom is 0.227 e. The number of nitrogens with zero attached hydrogens (tertiary/aromatic N) is 5. The van der Waals surface area contributed by atoms with Crippen molar-refractivity contribution in [1.29, 1.82) is 0 Å². The molecule has 2 saturated heterocycles. The van der Waals surface area contributed by atoms with E-state index >= 15 is 0 Å². The summed E-state index contributed by atoms with van der Waals surface area (Å²) < 4.78 is 0. The van der Waals surface area contributed by atoms with Crippen molar-refractivity contribution in [2.75, 3.05) is 49.1 Å². The Hall–Kier alpha value is -1.85. The van der Waals surface area contributed by atoms with E-state index in [1.165, 1.54) is 12.8 Å². The van der Waals surface area contributed by atoms with E-state index in [-0.39, 0.29) is 11.8 Å². The second-order valence-electron chi connectivity index (χ2n) is 6.83. The van der Waals surface area contributed by atoms with Gasteiger partial charge in [0, 0.05) is 56.9 Å². The summed E-state index contributed by atoms with van der Waals surface area (Å²) in [4.78, 5) is 28.0. The molecule has 0 atom stereocenters. The lowest BCUT2D eigenvalue weighted by Gasteiger charge is -2.36. The lowest BCUT2D eigenvalue weighted by Crippen LogP contribution is -2.50. The number of aryl methyl sites for hydroxylation is 1. The third-order valence-electron chi connectivity index (χ3n) is 4.63. The van der Waals surface area contributed by atoms with Crippen LogP contribution < -0.4 is 9.80 Å². The summed E-state index contributed by atoms with van der Waals surface area (Å²) >= 11 is 0. The van der Waals surface area contributed by atoms with Crippen molar-refractivity contribution in [1.82, 2.24) is 14.9 Å². The first-order valence-electron chi connectivity index (χ1n) is 8.69. The largest absolute Gasteiger partial charge is 0.356 e. The Morgan fingerprint density at radius 1 is 1.00 bits per heavy atom. The molecular formula is C17H27N5O. The van der Waals surface area contributed by atoms with E-state index in [1.807, 2.05) is 25.7 Å². The van der Waals surface area contributed by atoms with Crippen LogP contribution in [-0.2, 0) is 4.79 Å². The van der Waals surface area contributed by atoms with Gasteiger partial charge in [-0.05, 0) is 19.8 Å². The molecule has 2 aliphatic heterocycles. The van der Waals surface area contributed by atoms with Gasteiger partial charge in [-0.25, -0.2) is 4.98 Å². The van der Waals surface area contributed by atoms with E-state index in [9.17, 15) is 4.79 Å². The molecule has 6 nitrogen and oxygen atoms in total. The number of aromatic nitrogens is 2. The van der Waals surface area contributed by atoms with E-state index in [0.29, 0.717) is 0 Å². The predicted octanol–water partition coefficient (Wildman–Crippen LogP) is 1.69. The fourth-order valence-corrected chi connectivity index (χ4v) is 3.28. The second-order valence-corrected chi connectivity index (χ2v) is 6.83. The number of hydrogen-bond donors (Lipinski definition) is 0. The topological polar surface area (TPSA) is 52.6 Å². The Bertz CT molecular complexity index is 560. The van der Waals surface area contributed by atoms with E-state index in [1.54, 1.807) is 0 Å². The van der Waals surface area contributed by atoms with Gasteiger partial charge in [0.2, 0.25) is 11.9 Å². The Morgan fingerprint density at radius 2 is 1.65 bits per heavy atom. The van der Waals surface area contributed by atoms with Gasteiger partial charge in [-0.15, -0.1) is 0 Å². The molecule has 0 saturated carbocycles. The number of piperazine rings is 1. The summed E-state index contributed by atoms with van der Waals surface area (Å²) in [6, 6.07) is 2.08. The van der Waals surface area contributed by atoms with Gasteiger partial charge in [0.15, 0.2) is 0 Å². The molecule has 23 heavy (non-hydrogen) atoms. The zero-order chi connectivity index (χ0) is 16.4. The molecule has 0 spiro atoms. The van der Waals surface area contributed by atoms with Crippen LogP contribution in [0.5, 0.6) is 0 Å². The molecule has 1 amide bonds. The highest BCUT2D eigenvalue weighted by atomic mass is 16.2. The monoisotopic (exact) mass is 317 g/mol. The number of hydrogen-bond acceptors (Lipinski definition) is 5. The van der Waals surface area contributed by atoms with Gasteiger partial charge in [0.1, 0.15) is 5.82 Å². The minimum absolute atomic E-state index is 0.0681. The molecule has 1 aromatic heterocycles. The highest BCUT2D eigenvalue weighted by Crippen LogP contribution is 2.22. The molecular weight excluding hydrogens is 290 g/mol. The summed E-state index contributed by atoms with van der Waals surface area (Å²) in [5, 5.41) is 0. The highest BCUT2D eigenvalue weighted by molar-refractivity contribution is 5.78. The fourth-order valence-electron chi connectivity index (χ4n) is 3.28. The quantitative estimate of drug-likeness (QED) is 0.849. The van der Waals surface area contributed by atoms with Crippen LogP contribution in [0.2, 0.25) is 0 Å². The Balaban J connectivity index is 1.69. The molecule has 3 heterocycles. The first kappa shape index (κ1) is 16.0. The lowest BCUT2D eigenvalue weighted by atomic mass is 10.1. The van der Waals surface area contributed by atoms with Crippen LogP contribution in [0, 0.1) is 12.8 Å². The molecule has 126 valence electrons. The van der Waals surface area contributed by atoms with Crippen molar-refractivity contribution in [3.05, 3.63) is 11.8 Å². The van der Waals surface area contributed by atoms with Crippen molar-refractivity contribution in [3.63, 3.8) is 0 Å². The van der Waals surface area contributed by atoms with Crippen LogP contribution >= 0.6 is 0 Å². The van der Waals surface area contributed by atoms with Gasteiger partial charge < -0.3 is 14.7 Å². The van der Waals surface area contributed by atoms with E-state index in [2.05, 4.69) is 20.9 Å². The standard InChI is InChI=1S/C17H27N5O/c1-13(2)16(23)21-8-10-22(11-9-21)17-18-14(3)12-15(19-17)20-6-4-5-7-20/h12-13H,4-11H2,1-3H3. The number of carbonyl (C=O) groups is 1. The zero-order valence-corrected chi connectivity index (χ0v) is 14.5. The average molecular weight is 317 g/mol. The summed E-state index contributed by atoms with van der Waals surface area (Å²) in [5.74, 6) is 2.17. The predicted molar refractivity (Wildman–Crippen MR) is 91.8 cm³/mol. The smallest absolute Gasteiger partial charge is 0.227 e. The summed E-state index contributed by atoms with van der Waals surface area (Å²) in [6.07, 6.45) is 2.49. The molecule has 0 unspecified atom stereocenters. The summed E-state index contributed by atoms with van der Waals surface area (Å²) in [7, 11) is 0. The van der Waals surface area contributed by atoms with Crippen molar-refractivity contribution < 1.29 is 4.79 Å². The van der Waals surface area contributed by atoms with Crippen molar-refractivity contribution in [3.8, 4) is 0 Å². The fraction of sp³-hybridized carbons (Fsp3) is 0.706. The third kappa shape index (κ3) is 3.57. The van der Waals surface area contributed by atoms with Gasteiger partial charge in [0.05, 0.1) is 0 Å². The number of rotatable bonds is 3. The Kier molecular flexibility index (Phi) is 4.68. The Morgan fingerprint density at radius 3 is 2.26 bits per heavy atom. The van der Waals surface area contributed by atoms with Crippen LogP contribution in [0.15, 0.2) is 6.07 Å². The molecule has 2 aliphatic rings. The van der Waals surface area contributed by atoms with E-state index in [0.717, 1.165) is 56.7 Å². The van der Waals surface area contributed by atoms with Gasteiger partial charge in [-0.3, -0.25) is 4.79 Å². The van der Waals surface area contributed by atoms with Crippen LogP contribution in [0.4, 0.5) is 11.8 Å². The first-order valence-corrected chi connectivity index (χ1v) is 8.69. The molecule has 0 aromatic carbocycles. The van der Waals surface area contributed by atoms with Gasteiger partial charge in [0.25, 0.3) is 0 Å². The van der Waals surface area contributed by atoms with Crippen LogP contribution in [0.3, 0.4) is 0 Å². The molecule has 2 fully saturated rings. The van der Waals surface area contributed by atoms with Crippen molar-refractivity contribution in [2.45, 2.75) is 33.6 Å². The second kappa shape index (κ2) is 6.72. The van der Waals surface area contributed by atoms with Crippen molar-refractivity contribution >= 4 is 17.7 Å². The summed E-state index contributed by atoms with van der Waals surface area (Å²) in [5.41, 5.74) is 1.01. The molecule has 1 aromatic rings. The number of amides is 1. The third-order valence-corrected chi connectivity index (χ3v) is 4.63. The maximum atomic E-state index is 12.1. The summed E-state index contributed by atoms with van der Waals surface area (Å²) in [6.45, 7) is 11.3. The first-order chi connectivity index (χ1) is 11.0. The zero-order valence-electron chi connectivity index (χ0n) is 14.5. The SMILES string of the molecule is Cc1cc(N2CCCC2)nc(N2CCN(C(=O)C(C)C)CC2)n1. The molecule has 6 heteroatoms. The van der Waals surface area contributed by atoms with Crippen LogP contribution in [-0.4, -0.2) is 60.0 Å². The molecule has 3 rings (SSSR count). The Labute approximate surface area is 138 Å². The lowest BCUT2D eigenvalue weighted by molar-refractivity contribution is -0.134. The van der Waals surface area contributed by atoms with Crippen LogP contribution in [0.1, 0.15) is 32.4 Å². The van der Waals surface area contributed by atoms with Crippen molar-refractivity contribution in [2.24, 2.45) is 5.92 Å². The van der Waals surface area contributed by atoms with Gasteiger partial charge in [-0.1, -0.05) is 13.8 Å². The molecule has 0 N–H and O–H groups in total. The molecule has 0 radical (unpaired) electrons. The normalized spacial score (nSPS) is 18.9. The number of carbonyl (C=O) groups excluding carboxylic acids is 1. The van der Waals surface area contributed by atoms with Gasteiger partial charge >= 0.3 is 0 Å². The molecule has 0 bridgehead atoms. The van der Waals surface area contributed by atoms with E-state index < -0.39 is 0 Å². The minimum atomic E-state index is 0.0681. The van der Waals surface area contributed by atoms with Gasteiger partial charge in [-0.2, -0.15) is 4.98 Å².